The smallest absolute Gasteiger partial charge is 0.229 e. The number of amides is 1. The van der Waals surface area contributed by atoms with Crippen LogP contribution in [-0.4, -0.2) is 5.91 Å². The van der Waals surface area contributed by atoms with Crippen LogP contribution in [0.25, 0.3) is 0 Å². The Kier molecular flexibility index (Phi) is 3.74. The van der Waals surface area contributed by atoms with Crippen LogP contribution in [-0.2, 0) is 10.5 Å². The van der Waals surface area contributed by atoms with Gasteiger partial charge in [-0.3, -0.25) is 4.79 Å². The van der Waals surface area contributed by atoms with E-state index >= 15 is 0 Å². The number of para-hydroxylation sites is 1. The van der Waals surface area contributed by atoms with E-state index in [1.54, 1.807) is 0 Å². The van der Waals surface area contributed by atoms with Crippen molar-refractivity contribution in [2.45, 2.75) is 19.0 Å². The third kappa shape index (κ3) is 2.90. The summed E-state index contributed by atoms with van der Waals surface area (Å²) in [6, 6.07) is 17.0. The molecule has 0 fully saturated rings. The van der Waals surface area contributed by atoms with Crippen molar-refractivity contribution in [3.05, 3.63) is 65.7 Å². The molecule has 2 aromatic carbocycles. The van der Waals surface area contributed by atoms with E-state index in [1.165, 1.54) is 0 Å². The Labute approximate surface area is 128 Å². The van der Waals surface area contributed by atoms with Gasteiger partial charge in [-0.25, -0.2) is 0 Å². The van der Waals surface area contributed by atoms with Gasteiger partial charge in [-0.1, -0.05) is 48.0 Å². The van der Waals surface area contributed by atoms with Crippen molar-refractivity contribution in [3.63, 3.8) is 0 Å². The molecule has 3 rings (SSSR count). The first-order chi connectivity index (χ1) is 10.7. The molecule has 0 aromatic heterocycles. The summed E-state index contributed by atoms with van der Waals surface area (Å²) in [4.78, 5) is 12.3. The molecule has 0 radical (unpaired) electrons. The number of rotatable bonds is 4. The van der Waals surface area contributed by atoms with Gasteiger partial charge in [0.15, 0.2) is 0 Å². The monoisotopic (exact) mass is 293 g/mol. The summed E-state index contributed by atoms with van der Waals surface area (Å²) in [7, 11) is 0. The summed E-state index contributed by atoms with van der Waals surface area (Å²) in [5, 5.41) is 18.2. The molecular formula is C16H15N5O. The quantitative estimate of drug-likeness (QED) is 0.908. The predicted octanol–water partition coefficient (Wildman–Crippen LogP) is 4.01. The van der Waals surface area contributed by atoms with E-state index in [2.05, 4.69) is 26.0 Å². The van der Waals surface area contributed by atoms with Crippen LogP contribution in [0.2, 0.25) is 0 Å². The summed E-state index contributed by atoms with van der Waals surface area (Å²) in [5.74, 6) is -0.187. The molecule has 0 aliphatic carbocycles. The highest BCUT2D eigenvalue weighted by Gasteiger charge is 2.38. The highest BCUT2D eigenvalue weighted by atomic mass is 16.1. The molecular weight excluding hydrogens is 278 g/mol. The standard InChI is InChI=1S/C16H15N5O/c1-12-6-5-7-13(10-12)16(18-20-21-19-16)11-15(22)17-14-8-3-2-4-9-14/h2-10H,11H2,1H3,(H,17,22). The van der Waals surface area contributed by atoms with Crippen molar-refractivity contribution in [3.8, 4) is 0 Å². The average molecular weight is 293 g/mol. The minimum atomic E-state index is -1.06. The second-order valence-corrected chi connectivity index (χ2v) is 5.16. The third-order valence-electron chi connectivity index (χ3n) is 3.41. The van der Waals surface area contributed by atoms with E-state index in [4.69, 9.17) is 0 Å². The predicted molar refractivity (Wildman–Crippen MR) is 82.3 cm³/mol. The van der Waals surface area contributed by atoms with Gasteiger partial charge in [0.2, 0.25) is 11.6 Å². The number of carbonyl (C=O) groups is 1. The van der Waals surface area contributed by atoms with Crippen molar-refractivity contribution >= 4 is 11.6 Å². The van der Waals surface area contributed by atoms with E-state index in [1.807, 2.05) is 61.5 Å². The number of carbonyl (C=O) groups excluding carboxylic acids is 1. The van der Waals surface area contributed by atoms with Crippen LogP contribution >= 0.6 is 0 Å². The summed E-state index contributed by atoms with van der Waals surface area (Å²) < 4.78 is 0. The molecule has 6 heteroatoms. The Morgan fingerprint density at radius 2 is 1.77 bits per heavy atom. The molecule has 1 aliphatic heterocycles. The van der Waals surface area contributed by atoms with Crippen molar-refractivity contribution in [1.82, 2.24) is 0 Å². The minimum absolute atomic E-state index is 0.0539. The molecule has 1 amide bonds. The summed E-state index contributed by atoms with van der Waals surface area (Å²) in [6.07, 6.45) is 0.0539. The number of anilines is 1. The van der Waals surface area contributed by atoms with Crippen molar-refractivity contribution in [2.75, 3.05) is 5.32 Å². The van der Waals surface area contributed by atoms with E-state index in [0.717, 1.165) is 16.8 Å². The van der Waals surface area contributed by atoms with Crippen LogP contribution in [0.5, 0.6) is 0 Å². The fourth-order valence-corrected chi connectivity index (χ4v) is 2.34. The van der Waals surface area contributed by atoms with Gasteiger partial charge in [-0.15, -0.1) is 10.2 Å². The Hall–Kier alpha value is -2.89. The Morgan fingerprint density at radius 1 is 1.05 bits per heavy atom. The van der Waals surface area contributed by atoms with Gasteiger partial charge in [0.25, 0.3) is 0 Å². The lowest BCUT2D eigenvalue weighted by Crippen LogP contribution is -2.27. The maximum atomic E-state index is 12.3. The average Bonchev–Trinajstić information content (AvgIpc) is 2.98. The van der Waals surface area contributed by atoms with Gasteiger partial charge < -0.3 is 5.32 Å². The molecule has 22 heavy (non-hydrogen) atoms. The van der Waals surface area contributed by atoms with E-state index in [9.17, 15) is 4.79 Å². The molecule has 0 unspecified atom stereocenters. The molecule has 2 aromatic rings. The first-order valence-electron chi connectivity index (χ1n) is 6.94. The molecule has 110 valence electrons. The van der Waals surface area contributed by atoms with E-state index < -0.39 is 5.66 Å². The first kappa shape index (κ1) is 14.1. The van der Waals surface area contributed by atoms with Gasteiger partial charge >= 0.3 is 0 Å². The molecule has 1 heterocycles. The fourth-order valence-electron chi connectivity index (χ4n) is 2.34. The molecule has 0 saturated heterocycles. The van der Waals surface area contributed by atoms with Crippen LogP contribution in [0, 0.1) is 6.92 Å². The number of hydrogen-bond donors (Lipinski definition) is 1. The molecule has 0 atom stereocenters. The molecule has 1 N–H and O–H groups in total. The molecule has 0 spiro atoms. The number of nitrogens with one attached hydrogen (secondary N) is 1. The van der Waals surface area contributed by atoms with Crippen molar-refractivity contribution in [2.24, 2.45) is 20.7 Å². The van der Waals surface area contributed by atoms with Crippen LogP contribution in [0.1, 0.15) is 17.5 Å². The topological polar surface area (TPSA) is 78.5 Å². The summed E-state index contributed by atoms with van der Waals surface area (Å²) in [6.45, 7) is 1.98. The largest absolute Gasteiger partial charge is 0.326 e. The van der Waals surface area contributed by atoms with Crippen LogP contribution in [0.15, 0.2) is 75.3 Å². The van der Waals surface area contributed by atoms with Crippen LogP contribution in [0.3, 0.4) is 0 Å². The first-order valence-corrected chi connectivity index (χ1v) is 6.94. The van der Waals surface area contributed by atoms with E-state index in [-0.39, 0.29) is 12.3 Å². The number of nitrogens with zero attached hydrogens (tertiary/aromatic N) is 4. The lowest BCUT2D eigenvalue weighted by Gasteiger charge is -2.20. The molecule has 6 nitrogen and oxygen atoms in total. The fraction of sp³-hybridized carbons (Fsp3) is 0.188. The van der Waals surface area contributed by atoms with E-state index in [0.29, 0.717) is 0 Å². The third-order valence-corrected chi connectivity index (χ3v) is 3.41. The Balaban J connectivity index is 1.82. The maximum Gasteiger partial charge on any atom is 0.229 e. The Bertz CT molecular complexity index is 727. The van der Waals surface area contributed by atoms with Crippen molar-refractivity contribution < 1.29 is 4.79 Å². The lowest BCUT2D eigenvalue weighted by molar-refractivity contribution is -0.117. The van der Waals surface area contributed by atoms with Crippen molar-refractivity contribution in [1.29, 1.82) is 0 Å². The highest BCUT2D eigenvalue weighted by molar-refractivity contribution is 5.91. The maximum absolute atomic E-state index is 12.3. The van der Waals surface area contributed by atoms with Gasteiger partial charge in [0, 0.05) is 11.3 Å². The summed E-state index contributed by atoms with van der Waals surface area (Å²) >= 11 is 0. The normalized spacial score (nSPS) is 15.0. The van der Waals surface area contributed by atoms with Gasteiger partial charge in [-0.05, 0) is 29.5 Å². The molecule has 0 bridgehead atoms. The van der Waals surface area contributed by atoms with Crippen LogP contribution in [0.4, 0.5) is 5.69 Å². The zero-order chi connectivity index (χ0) is 15.4. The highest BCUT2D eigenvalue weighted by Crippen LogP contribution is 2.36. The second kappa shape index (κ2) is 5.85. The number of benzene rings is 2. The summed E-state index contributed by atoms with van der Waals surface area (Å²) in [5.41, 5.74) is 1.54. The molecule has 1 aliphatic rings. The van der Waals surface area contributed by atoms with Gasteiger partial charge in [0.1, 0.15) is 0 Å². The van der Waals surface area contributed by atoms with Crippen LogP contribution < -0.4 is 5.32 Å². The number of aryl methyl sites for hydroxylation is 1. The lowest BCUT2D eigenvalue weighted by atomic mass is 9.95. The zero-order valence-corrected chi connectivity index (χ0v) is 12.1. The Morgan fingerprint density at radius 3 is 2.45 bits per heavy atom. The SMILES string of the molecule is Cc1cccc(C2(CC(=O)Nc3ccccc3)N=NN=N2)c1. The second-order valence-electron chi connectivity index (χ2n) is 5.16. The van der Waals surface area contributed by atoms with Gasteiger partial charge in [-0.2, -0.15) is 0 Å². The minimum Gasteiger partial charge on any atom is -0.326 e. The zero-order valence-electron chi connectivity index (χ0n) is 12.1. The van der Waals surface area contributed by atoms with Gasteiger partial charge in [0.05, 0.1) is 6.42 Å². The molecule has 0 saturated carbocycles. The number of hydrogen-bond acceptors (Lipinski definition) is 5.